The van der Waals surface area contributed by atoms with Gasteiger partial charge in [-0.05, 0) is 36.6 Å². The topological polar surface area (TPSA) is 35.2 Å². The maximum atomic E-state index is 5.67. The third-order valence-corrected chi connectivity index (χ3v) is 2.34. The highest BCUT2D eigenvalue weighted by atomic mass is 16.5. The Morgan fingerprint density at radius 2 is 2.23 bits per heavy atom. The SMILES string of the molecule is CC[C@@H](CN)c1cccc(OC)c1. The summed E-state index contributed by atoms with van der Waals surface area (Å²) in [5, 5.41) is 0. The summed E-state index contributed by atoms with van der Waals surface area (Å²) < 4.78 is 5.15. The van der Waals surface area contributed by atoms with E-state index >= 15 is 0 Å². The van der Waals surface area contributed by atoms with E-state index in [-0.39, 0.29) is 0 Å². The van der Waals surface area contributed by atoms with Crippen LogP contribution in [0.15, 0.2) is 24.3 Å². The summed E-state index contributed by atoms with van der Waals surface area (Å²) in [5.74, 6) is 1.36. The highest BCUT2D eigenvalue weighted by Gasteiger charge is 2.06. The summed E-state index contributed by atoms with van der Waals surface area (Å²) in [5.41, 5.74) is 6.93. The molecule has 0 spiro atoms. The molecule has 0 saturated heterocycles. The zero-order valence-electron chi connectivity index (χ0n) is 8.29. The van der Waals surface area contributed by atoms with Gasteiger partial charge in [0.05, 0.1) is 7.11 Å². The lowest BCUT2D eigenvalue weighted by Crippen LogP contribution is -2.11. The molecular weight excluding hydrogens is 162 g/mol. The number of nitrogens with two attached hydrogens (primary N) is 1. The zero-order chi connectivity index (χ0) is 9.68. The van der Waals surface area contributed by atoms with Crippen LogP contribution < -0.4 is 10.5 Å². The summed E-state index contributed by atoms with van der Waals surface area (Å²) in [4.78, 5) is 0. The predicted molar refractivity (Wildman–Crippen MR) is 55.1 cm³/mol. The van der Waals surface area contributed by atoms with Crippen molar-refractivity contribution in [3.05, 3.63) is 29.8 Å². The summed E-state index contributed by atoms with van der Waals surface area (Å²) in [6.07, 6.45) is 1.07. The van der Waals surface area contributed by atoms with Gasteiger partial charge in [0.1, 0.15) is 5.75 Å². The fourth-order valence-corrected chi connectivity index (χ4v) is 1.43. The minimum atomic E-state index is 0.454. The molecule has 0 aromatic heterocycles. The maximum absolute atomic E-state index is 5.67. The first-order chi connectivity index (χ1) is 6.31. The summed E-state index contributed by atoms with van der Waals surface area (Å²) in [6, 6.07) is 8.11. The normalized spacial score (nSPS) is 12.5. The van der Waals surface area contributed by atoms with Gasteiger partial charge in [0.15, 0.2) is 0 Å². The van der Waals surface area contributed by atoms with Crippen LogP contribution >= 0.6 is 0 Å². The molecule has 0 radical (unpaired) electrons. The Balaban J connectivity index is 2.86. The Bertz CT molecular complexity index is 256. The van der Waals surface area contributed by atoms with Gasteiger partial charge >= 0.3 is 0 Å². The molecule has 2 heteroatoms. The fourth-order valence-electron chi connectivity index (χ4n) is 1.43. The van der Waals surface area contributed by atoms with E-state index in [2.05, 4.69) is 19.1 Å². The van der Waals surface area contributed by atoms with Gasteiger partial charge in [-0.15, -0.1) is 0 Å². The van der Waals surface area contributed by atoms with Crippen molar-refractivity contribution in [2.75, 3.05) is 13.7 Å². The Morgan fingerprint density at radius 3 is 2.77 bits per heavy atom. The Hall–Kier alpha value is -1.02. The van der Waals surface area contributed by atoms with E-state index in [4.69, 9.17) is 10.5 Å². The predicted octanol–water partition coefficient (Wildman–Crippen LogP) is 2.15. The Labute approximate surface area is 79.7 Å². The van der Waals surface area contributed by atoms with Gasteiger partial charge in [0.2, 0.25) is 0 Å². The van der Waals surface area contributed by atoms with Crippen LogP contribution in [0.5, 0.6) is 5.75 Å². The molecule has 0 fully saturated rings. The molecule has 0 heterocycles. The lowest BCUT2D eigenvalue weighted by Gasteiger charge is -2.13. The molecule has 0 amide bonds. The molecule has 0 aliphatic rings. The van der Waals surface area contributed by atoms with Gasteiger partial charge in [0.25, 0.3) is 0 Å². The van der Waals surface area contributed by atoms with Gasteiger partial charge in [-0.1, -0.05) is 19.1 Å². The first-order valence-corrected chi connectivity index (χ1v) is 4.65. The first kappa shape index (κ1) is 10.1. The molecule has 0 unspecified atom stereocenters. The van der Waals surface area contributed by atoms with Crippen molar-refractivity contribution >= 4 is 0 Å². The van der Waals surface area contributed by atoms with Crippen molar-refractivity contribution in [1.29, 1.82) is 0 Å². The monoisotopic (exact) mass is 179 g/mol. The number of benzene rings is 1. The molecule has 1 aromatic rings. The lowest BCUT2D eigenvalue weighted by molar-refractivity contribution is 0.413. The van der Waals surface area contributed by atoms with E-state index in [1.807, 2.05) is 12.1 Å². The van der Waals surface area contributed by atoms with Crippen molar-refractivity contribution in [2.45, 2.75) is 19.3 Å². The van der Waals surface area contributed by atoms with Gasteiger partial charge in [-0.25, -0.2) is 0 Å². The van der Waals surface area contributed by atoms with Crippen LogP contribution in [-0.2, 0) is 0 Å². The van der Waals surface area contributed by atoms with E-state index in [0.29, 0.717) is 12.5 Å². The van der Waals surface area contributed by atoms with Gasteiger partial charge in [0, 0.05) is 0 Å². The second-order valence-corrected chi connectivity index (χ2v) is 3.12. The van der Waals surface area contributed by atoms with Crippen LogP contribution in [0.25, 0.3) is 0 Å². The van der Waals surface area contributed by atoms with Gasteiger partial charge < -0.3 is 10.5 Å². The van der Waals surface area contributed by atoms with Crippen LogP contribution in [0.1, 0.15) is 24.8 Å². The number of methoxy groups -OCH3 is 1. The molecule has 0 aliphatic carbocycles. The van der Waals surface area contributed by atoms with Crippen molar-refractivity contribution in [3.63, 3.8) is 0 Å². The van der Waals surface area contributed by atoms with E-state index < -0.39 is 0 Å². The molecule has 0 aliphatic heterocycles. The Morgan fingerprint density at radius 1 is 1.46 bits per heavy atom. The average Bonchev–Trinajstić information content (AvgIpc) is 2.20. The molecule has 0 bridgehead atoms. The van der Waals surface area contributed by atoms with E-state index in [9.17, 15) is 0 Å². The summed E-state index contributed by atoms with van der Waals surface area (Å²) in [7, 11) is 1.68. The average molecular weight is 179 g/mol. The molecule has 1 atom stereocenters. The van der Waals surface area contributed by atoms with E-state index in [1.54, 1.807) is 7.11 Å². The number of ether oxygens (including phenoxy) is 1. The number of rotatable bonds is 4. The molecule has 0 saturated carbocycles. The van der Waals surface area contributed by atoms with E-state index in [1.165, 1.54) is 5.56 Å². The molecule has 1 aromatic carbocycles. The van der Waals surface area contributed by atoms with Crippen LogP contribution in [-0.4, -0.2) is 13.7 Å². The fraction of sp³-hybridized carbons (Fsp3) is 0.455. The Kier molecular flexibility index (Phi) is 3.77. The maximum Gasteiger partial charge on any atom is 0.119 e. The first-order valence-electron chi connectivity index (χ1n) is 4.65. The van der Waals surface area contributed by atoms with Crippen molar-refractivity contribution < 1.29 is 4.74 Å². The van der Waals surface area contributed by atoms with Crippen LogP contribution in [0, 0.1) is 0 Å². The third kappa shape index (κ3) is 2.46. The van der Waals surface area contributed by atoms with Gasteiger partial charge in [-0.3, -0.25) is 0 Å². The van der Waals surface area contributed by atoms with Crippen molar-refractivity contribution in [3.8, 4) is 5.75 Å². The molecule has 72 valence electrons. The number of hydrogen-bond acceptors (Lipinski definition) is 2. The molecule has 2 nitrogen and oxygen atoms in total. The quantitative estimate of drug-likeness (QED) is 0.768. The van der Waals surface area contributed by atoms with Crippen LogP contribution in [0.2, 0.25) is 0 Å². The standard InChI is InChI=1S/C11H17NO/c1-3-9(8-12)10-5-4-6-11(7-10)13-2/h4-7,9H,3,8,12H2,1-2H3/t9-/m0/s1. The van der Waals surface area contributed by atoms with Crippen LogP contribution in [0.4, 0.5) is 0 Å². The summed E-state index contributed by atoms with van der Waals surface area (Å²) in [6.45, 7) is 2.85. The van der Waals surface area contributed by atoms with E-state index in [0.717, 1.165) is 12.2 Å². The van der Waals surface area contributed by atoms with Crippen LogP contribution in [0.3, 0.4) is 0 Å². The van der Waals surface area contributed by atoms with Crippen molar-refractivity contribution in [1.82, 2.24) is 0 Å². The smallest absolute Gasteiger partial charge is 0.119 e. The summed E-state index contributed by atoms with van der Waals surface area (Å²) >= 11 is 0. The second kappa shape index (κ2) is 4.87. The lowest BCUT2D eigenvalue weighted by atomic mass is 9.97. The molecule has 13 heavy (non-hydrogen) atoms. The largest absolute Gasteiger partial charge is 0.497 e. The molecule has 2 N–H and O–H groups in total. The third-order valence-electron chi connectivity index (χ3n) is 2.34. The number of hydrogen-bond donors (Lipinski definition) is 1. The zero-order valence-corrected chi connectivity index (χ0v) is 8.29. The highest BCUT2D eigenvalue weighted by molar-refractivity contribution is 5.30. The second-order valence-electron chi connectivity index (χ2n) is 3.12. The van der Waals surface area contributed by atoms with Gasteiger partial charge in [-0.2, -0.15) is 0 Å². The molecule has 1 rings (SSSR count). The molecular formula is C11H17NO. The minimum absolute atomic E-state index is 0.454. The van der Waals surface area contributed by atoms with Crippen molar-refractivity contribution in [2.24, 2.45) is 5.73 Å². The highest BCUT2D eigenvalue weighted by Crippen LogP contribution is 2.22. The minimum Gasteiger partial charge on any atom is -0.497 e.